The fourth-order valence-corrected chi connectivity index (χ4v) is 2.33. The lowest BCUT2D eigenvalue weighted by atomic mass is 10.2. The van der Waals surface area contributed by atoms with Gasteiger partial charge in [0.1, 0.15) is 16.3 Å². The number of hydrogen-bond donors (Lipinski definition) is 1. The highest BCUT2D eigenvalue weighted by molar-refractivity contribution is 6.12. The molecule has 2 nitrogen and oxygen atoms in total. The highest BCUT2D eigenvalue weighted by Crippen LogP contribution is 2.19. The normalized spacial score (nSPS) is 28.1. The molecule has 2 N–H and O–H groups in total. The topological polar surface area (TPSA) is 29.3 Å². The van der Waals surface area contributed by atoms with Gasteiger partial charge < -0.3 is 5.73 Å². The van der Waals surface area contributed by atoms with Crippen LogP contribution in [0, 0.1) is 0 Å². The fraction of sp³-hybridized carbons (Fsp3) is 0.455. The average molecular weight is 202 g/mol. The Balaban J connectivity index is 1.94. The van der Waals surface area contributed by atoms with Crippen LogP contribution in [0.5, 0.6) is 0 Å². The molecule has 0 spiro atoms. The third-order valence-electron chi connectivity index (χ3n) is 2.74. The Morgan fingerprint density at radius 3 is 2.57 bits per heavy atom. The van der Waals surface area contributed by atoms with Gasteiger partial charge in [0, 0.05) is 19.1 Å². The van der Waals surface area contributed by atoms with E-state index in [1.165, 1.54) is 5.56 Å². The summed E-state index contributed by atoms with van der Waals surface area (Å²) in [5.74, 6) is 0. The maximum Gasteiger partial charge on any atom is 0.128 e. The number of rotatable bonds is 2. The minimum absolute atomic E-state index is 0.323. The summed E-state index contributed by atoms with van der Waals surface area (Å²) in [4.78, 5) is 2.41. The summed E-state index contributed by atoms with van der Waals surface area (Å²) in [6, 6.07) is 10.9. The molecule has 1 aliphatic rings. The molecule has 1 aliphatic heterocycles. The summed E-state index contributed by atoms with van der Waals surface area (Å²) in [5, 5.41) is 0. The summed E-state index contributed by atoms with van der Waals surface area (Å²) < 4.78 is 0.554. The van der Waals surface area contributed by atoms with E-state index in [0.29, 0.717) is 10.8 Å². The molecule has 1 aromatic carbocycles. The summed E-state index contributed by atoms with van der Waals surface area (Å²) >= 11 is 2.84. The van der Waals surface area contributed by atoms with E-state index in [2.05, 4.69) is 51.5 Å². The van der Waals surface area contributed by atoms with Gasteiger partial charge in [-0.3, -0.25) is 4.90 Å². The van der Waals surface area contributed by atoms with E-state index in [9.17, 15) is 0 Å². The van der Waals surface area contributed by atoms with Crippen molar-refractivity contribution in [1.29, 1.82) is 0 Å². The van der Waals surface area contributed by atoms with Crippen LogP contribution in [0.1, 0.15) is 5.56 Å². The monoisotopic (exact) mass is 202 g/mol. The van der Waals surface area contributed by atoms with Crippen LogP contribution in [-0.2, 0) is 6.54 Å². The van der Waals surface area contributed by atoms with E-state index in [0.717, 1.165) is 19.6 Å². The smallest absolute Gasteiger partial charge is 0.128 e. The maximum absolute atomic E-state index is 5.96. The van der Waals surface area contributed by atoms with Crippen LogP contribution < -0.4 is 5.73 Å². The first-order valence-electron chi connectivity index (χ1n) is 5.03. The Morgan fingerprint density at radius 2 is 2.00 bits per heavy atom. The van der Waals surface area contributed by atoms with Gasteiger partial charge in [-0.05, 0) is 12.1 Å². The van der Waals surface area contributed by atoms with Gasteiger partial charge >= 0.3 is 0 Å². The van der Waals surface area contributed by atoms with E-state index < -0.39 is 0 Å². The van der Waals surface area contributed by atoms with Gasteiger partial charge in [-0.25, -0.2) is 0 Å². The van der Waals surface area contributed by atoms with Crippen molar-refractivity contribution in [3.8, 4) is 0 Å². The first-order chi connectivity index (χ1) is 6.75. The lowest BCUT2D eigenvalue weighted by Gasteiger charge is -2.15. The maximum atomic E-state index is 5.96. The first-order valence-corrected chi connectivity index (χ1v) is 5.70. The minimum Gasteiger partial charge on any atom is -0.327 e. The lowest BCUT2D eigenvalue weighted by Crippen LogP contribution is -2.27. The second-order valence-corrected chi connectivity index (χ2v) is 4.86. The molecule has 1 unspecified atom stereocenters. The van der Waals surface area contributed by atoms with Gasteiger partial charge in [-0.1, -0.05) is 35.1 Å². The Morgan fingerprint density at radius 1 is 1.29 bits per heavy atom. The molecule has 1 heterocycles. The predicted molar refractivity (Wildman–Crippen MR) is 59.2 cm³/mol. The zero-order valence-corrected chi connectivity index (χ0v) is 9.42. The van der Waals surface area contributed by atoms with Crippen molar-refractivity contribution in [2.45, 2.75) is 17.4 Å². The first kappa shape index (κ1) is 10.2. The SMILES string of the molecule is NC1CN(Cc2ccccc2)C[C@@H]1[Al]. The Kier molecular flexibility index (Phi) is 3.25. The van der Waals surface area contributed by atoms with Crippen LogP contribution in [0.3, 0.4) is 0 Å². The molecule has 2 atom stereocenters. The number of nitrogens with zero attached hydrogens (tertiary/aromatic N) is 1. The van der Waals surface area contributed by atoms with Crippen molar-refractivity contribution in [2.24, 2.45) is 5.73 Å². The van der Waals surface area contributed by atoms with Crippen LogP contribution in [-0.4, -0.2) is 40.3 Å². The third kappa shape index (κ3) is 2.37. The number of likely N-dealkylation sites (tertiary alicyclic amines) is 1. The van der Waals surface area contributed by atoms with Gasteiger partial charge in [0.25, 0.3) is 0 Å². The van der Waals surface area contributed by atoms with E-state index in [4.69, 9.17) is 5.73 Å². The molecule has 2 rings (SSSR count). The zero-order valence-electron chi connectivity index (χ0n) is 8.26. The quantitative estimate of drug-likeness (QED) is 0.718. The Labute approximate surface area is 93.5 Å². The van der Waals surface area contributed by atoms with Crippen molar-refractivity contribution < 1.29 is 0 Å². The third-order valence-corrected chi connectivity index (χ3v) is 3.44. The van der Waals surface area contributed by atoms with Gasteiger partial charge in [0.15, 0.2) is 0 Å². The largest absolute Gasteiger partial charge is 0.327 e. The molecule has 1 saturated heterocycles. The second kappa shape index (κ2) is 4.46. The van der Waals surface area contributed by atoms with Gasteiger partial charge in [-0.15, -0.1) is 0 Å². The second-order valence-electron chi connectivity index (χ2n) is 4.01. The summed E-state index contributed by atoms with van der Waals surface area (Å²) in [6.45, 7) is 3.14. The summed E-state index contributed by atoms with van der Waals surface area (Å²) in [7, 11) is 0. The number of benzene rings is 1. The lowest BCUT2D eigenvalue weighted by molar-refractivity contribution is 0.327. The van der Waals surface area contributed by atoms with Gasteiger partial charge in [0.05, 0.1) is 0 Å². The molecule has 3 heteroatoms. The van der Waals surface area contributed by atoms with Crippen molar-refractivity contribution in [3.63, 3.8) is 0 Å². The van der Waals surface area contributed by atoms with Crippen LogP contribution in [0.4, 0.5) is 0 Å². The molecule has 14 heavy (non-hydrogen) atoms. The molecule has 2 radical (unpaired) electrons. The van der Waals surface area contributed by atoms with Crippen LogP contribution >= 0.6 is 0 Å². The fourth-order valence-electron chi connectivity index (χ4n) is 1.91. The van der Waals surface area contributed by atoms with Crippen LogP contribution in [0.15, 0.2) is 30.3 Å². The molecule has 0 aromatic heterocycles. The van der Waals surface area contributed by atoms with Crippen LogP contribution in [0.2, 0.25) is 4.78 Å². The molecule has 0 aliphatic carbocycles. The van der Waals surface area contributed by atoms with E-state index in [-0.39, 0.29) is 0 Å². The van der Waals surface area contributed by atoms with Crippen molar-refractivity contribution in [2.75, 3.05) is 13.1 Å². The van der Waals surface area contributed by atoms with Crippen LogP contribution in [0.25, 0.3) is 0 Å². The number of nitrogens with two attached hydrogens (primary N) is 1. The molecular weight excluding hydrogens is 187 g/mol. The molecule has 0 amide bonds. The van der Waals surface area contributed by atoms with Crippen molar-refractivity contribution in [1.82, 2.24) is 4.90 Å². The Bertz CT molecular complexity index is 279. The molecule has 1 aromatic rings. The number of hydrogen-bond acceptors (Lipinski definition) is 2. The van der Waals surface area contributed by atoms with E-state index >= 15 is 0 Å². The molecule has 1 fully saturated rings. The molecular formula is C11H15AlN2. The molecule has 72 valence electrons. The predicted octanol–water partition coefficient (Wildman–Crippen LogP) is 0.786. The highest BCUT2D eigenvalue weighted by atomic mass is 27.0. The summed E-state index contributed by atoms with van der Waals surface area (Å²) in [6.07, 6.45) is 0. The molecule has 0 bridgehead atoms. The van der Waals surface area contributed by atoms with Gasteiger partial charge in [0.2, 0.25) is 0 Å². The van der Waals surface area contributed by atoms with E-state index in [1.54, 1.807) is 0 Å². The van der Waals surface area contributed by atoms with Crippen molar-refractivity contribution >= 4 is 16.3 Å². The molecule has 0 saturated carbocycles. The van der Waals surface area contributed by atoms with Crippen molar-refractivity contribution in [3.05, 3.63) is 35.9 Å². The standard InChI is InChI=1S/C11H15N2.Al/c12-11-6-7-13(9-11)8-10-4-2-1-3-5-10;/h1-6,11H,7-9,12H2;. The Hall–Kier alpha value is -0.328. The van der Waals surface area contributed by atoms with Gasteiger partial charge in [-0.2, -0.15) is 0 Å². The van der Waals surface area contributed by atoms with E-state index in [1.807, 2.05) is 0 Å². The zero-order chi connectivity index (χ0) is 9.97. The highest BCUT2D eigenvalue weighted by Gasteiger charge is 2.24. The minimum atomic E-state index is 0.323. The summed E-state index contributed by atoms with van der Waals surface area (Å²) in [5.41, 5.74) is 7.33. The average Bonchev–Trinajstić information content (AvgIpc) is 2.47.